The van der Waals surface area contributed by atoms with Crippen LogP contribution >= 0.6 is 11.3 Å². The Balaban J connectivity index is 1.65. The molecule has 0 bridgehead atoms. The fraction of sp³-hybridized carbons (Fsp3) is 0.0667. The molecular weight excluding hydrogens is 298 g/mol. The Morgan fingerprint density at radius 1 is 1.14 bits per heavy atom. The van der Waals surface area contributed by atoms with Gasteiger partial charge in [0.2, 0.25) is 11.0 Å². The minimum Gasteiger partial charge on any atom is -0.366 e. The van der Waals surface area contributed by atoms with Crippen molar-refractivity contribution >= 4 is 22.4 Å². The number of primary amides is 1. The number of carbonyl (C=O) groups is 1. The predicted octanol–water partition coefficient (Wildman–Crippen LogP) is 2.31. The van der Waals surface area contributed by atoms with E-state index in [0.717, 1.165) is 21.4 Å². The number of anilines is 1. The molecule has 0 saturated carbocycles. The van der Waals surface area contributed by atoms with Crippen LogP contribution in [0.25, 0.3) is 10.7 Å². The summed E-state index contributed by atoms with van der Waals surface area (Å²) in [7, 11) is 0. The first kappa shape index (κ1) is 14.2. The highest BCUT2D eigenvalue weighted by Crippen LogP contribution is 2.24. The van der Waals surface area contributed by atoms with Crippen molar-refractivity contribution < 1.29 is 4.79 Å². The molecule has 3 aromatic rings. The molecule has 3 rings (SSSR count). The standard InChI is InChI=1S/C15H13N5OS/c16-13(21)11-6-4-10(5-7-11)9-18-15-20-19-14(22-15)12-3-1-2-8-17-12/h1-8H,9H2,(H2,16,21)(H,18,20). The summed E-state index contributed by atoms with van der Waals surface area (Å²) in [6.45, 7) is 0.593. The smallest absolute Gasteiger partial charge is 0.248 e. The summed E-state index contributed by atoms with van der Waals surface area (Å²) in [4.78, 5) is 15.3. The molecule has 1 aromatic carbocycles. The lowest BCUT2D eigenvalue weighted by atomic mass is 10.1. The maximum atomic E-state index is 11.0. The van der Waals surface area contributed by atoms with Crippen molar-refractivity contribution in [2.75, 3.05) is 5.32 Å². The van der Waals surface area contributed by atoms with Crippen LogP contribution in [0.5, 0.6) is 0 Å². The predicted molar refractivity (Wildman–Crippen MR) is 85.4 cm³/mol. The first-order chi connectivity index (χ1) is 10.7. The molecule has 0 unspecified atom stereocenters. The van der Waals surface area contributed by atoms with E-state index in [4.69, 9.17) is 5.73 Å². The van der Waals surface area contributed by atoms with Crippen LogP contribution in [0.2, 0.25) is 0 Å². The molecule has 0 atom stereocenters. The lowest BCUT2D eigenvalue weighted by Gasteiger charge is -2.03. The SMILES string of the molecule is NC(=O)c1ccc(CNc2nnc(-c3ccccn3)s2)cc1. The lowest BCUT2D eigenvalue weighted by Crippen LogP contribution is -2.10. The number of hydrogen-bond donors (Lipinski definition) is 2. The second kappa shape index (κ2) is 6.31. The maximum absolute atomic E-state index is 11.0. The van der Waals surface area contributed by atoms with Crippen molar-refractivity contribution in [3.05, 3.63) is 59.8 Å². The van der Waals surface area contributed by atoms with E-state index in [1.807, 2.05) is 30.3 Å². The molecule has 22 heavy (non-hydrogen) atoms. The second-order valence-electron chi connectivity index (χ2n) is 4.54. The first-order valence-corrected chi connectivity index (χ1v) is 7.41. The number of aromatic nitrogens is 3. The van der Waals surface area contributed by atoms with Gasteiger partial charge in [0.1, 0.15) is 5.69 Å². The number of nitrogens with two attached hydrogens (primary N) is 1. The molecule has 0 aliphatic rings. The summed E-state index contributed by atoms with van der Waals surface area (Å²) >= 11 is 1.44. The summed E-state index contributed by atoms with van der Waals surface area (Å²) in [6, 6.07) is 12.8. The van der Waals surface area contributed by atoms with E-state index in [2.05, 4.69) is 20.5 Å². The zero-order chi connectivity index (χ0) is 15.4. The molecule has 0 saturated heterocycles. The molecule has 0 radical (unpaired) electrons. The van der Waals surface area contributed by atoms with Gasteiger partial charge in [-0.15, -0.1) is 10.2 Å². The molecule has 2 heterocycles. The van der Waals surface area contributed by atoms with E-state index in [9.17, 15) is 4.79 Å². The summed E-state index contributed by atoms with van der Waals surface area (Å²) in [6.07, 6.45) is 1.73. The Morgan fingerprint density at radius 3 is 2.64 bits per heavy atom. The van der Waals surface area contributed by atoms with Gasteiger partial charge in [0.15, 0.2) is 5.01 Å². The zero-order valence-corrected chi connectivity index (χ0v) is 12.4. The number of pyridine rings is 1. The van der Waals surface area contributed by atoms with Gasteiger partial charge in [0.05, 0.1) is 0 Å². The van der Waals surface area contributed by atoms with E-state index >= 15 is 0 Å². The zero-order valence-electron chi connectivity index (χ0n) is 11.6. The third-order valence-corrected chi connectivity index (χ3v) is 3.89. The number of rotatable bonds is 5. The van der Waals surface area contributed by atoms with E-state index in [1.165, 1.54) is 11.3 Å². The Morgan fingerprint density at radius 2 is 1.95 bits per heavy atom. The van der Waals surface area contributed by atoms with Gasteiger partial charge < -0.3 is 11.1 Å². The fourth-order valence-electron chi connectivity index (χ4n) is 1.85. The van der Waals surface area contributed by atoms with Crippen molar-refractivity contribution in [3.63, 3.8) is 0 Å². The molecule has 6 nitrogen and oxygen atoms in total. The second-order valence-corrected chi connectivity index (χ2v) is 5.52. The van der Waals surface area contributed by atoms with Gasteiger partial charge in [0, 0.05) is 18.3 Å². The van der Waals surface area contributed by atoms with Gasteiger partial charge in [-0.05, 0) is 29.8 Å². The monoisotopic (exact) mass is 311 g/mol. The Kier molecular flexibility index (Phi) is 4.06. The Hall–Kier alpha value is -2.80. The van der Waals surface area contributed by atoms with Crippen molar-refractivity contribution in [1.29, 1.82) is 0 Å². The van der Waals surface area contributed by atoms with Gasteiger partial charge in [-0.3, -0.25) is 9.78 Å². The minimum absolute atomic E-state index is 0.427. The third-order valence-electron chi connectivity index (χ3n) is 2.99. The summed E-state index contributed by atoms with van der Waals surface area (Å²) in [5, 5.41) is 12.9. The topological polar surface area (TPSA) is 93.8 Å². The molecule has 110 valence electrons. The summed E-state index contributed by atoms with van der Waals surface area (Å²) < 4.78 is 0. The molecule has 0 fully saturated rings. The molecule has 3 N–H and O–H groups in total. The largest absolute Gasteiger partial charge is 0.366 e. The van der Waals surface area contributed by atoms with Crippen LogP contribution in [0.3, 0.4) is 0 Å². The Labute approximate surface area is 131 Å². The first-order valence-electron chi connectivity index (χ1n) is 6.60. The van der Waals surface area contributed by atoms with Crippen LogP contribution in [0.15, 0.2) is 48.7 Å². The highest BCUT2D eigenvalue weighted by Gasteiger charge is 2.07. The lowest BCUT2D eigenvalue weighted by molar-refractivity contribution is 0.100. The molecule has 7 heteroatoms. The van der Waals surface area contributed by atoms with Crippen molar-refractivity contribution in [2.45, 2.75) is 6.54 Å². The van der Waals surface area contributed by atoms with E-state index in [0.29, 0.717) is 12.1 Å². The van der Waals surface area contributed by atoms with Crippen LogP contribution in [0.4, 0.5) is 5.13 Å². The number of benzene rings is 1. The van der Waals surface area contributed by atoms with Gasteiger partial charge in [0.25, 0.3) is 0 Å². The number of hydrogen-bond acceptors (Lipinski definition) is 6. The number of nitrogens with one attached hydrogen (secondary N) is 1. The molecule has 2 aromatic heterocycles. The van der Waals surface area contributed by atoms with E-state index in [1.54, 1.807) is 18.3 Å². The van der Waals surface area contributed by atoms with Crippen molar-refractivity contribution in [3.8, 4) is 10.7 Å². The minimum atomic E-state index is -0.427. The average Bonchev–Trinajstić information content (AvgIpc) is 3.03. The van der Waals surface area contributed by atoms with Crippen LogP contribution in [0, 0.1) is 0 Å². The van der Waals surface area contributed by atoms with Crippen molar-refractivity contribution in [1.82, 2.24) is 15.2 Å². The number of nitrogens with zero attached hydrogens (tertiary/aromatic N) is 3. The van der Waals surface area contributed by atoms with Crippen molar-refractivity contribution in [2.24, 2.45) is 5.73 Å². The molecule has 0 spiro atoms. The van der Waals surface area contributed by atoms with Gasteiger partial charge in [-0.2, -0.15) is 0 Å². The molecular formula is C15H13N5OS. The van der Waals surface area contributed by atoms with Gasteiger partial charge in [-0.1, -0.05) is 29.5 Å². The highest BCUT2D eigenvalue weighted by molar-refractivity contribution is 7.18. The van der Waals surface area contributed by atoms with Crippen LogP contribution in [0.1, 0.15) is 15.9 Å². The normalized spacial score (nSPS) is 10.4. The molecule has 0 aliphatic carbocycles. The van der Waals surface area contributed by atoms with Gasteiger partial charge in [-0.25, -0.2) is 0 Å². The third kappa shape index (κ3) is 3.26. The van der Waals surface area contributed by atoms with E-state index in [-0.39, 0.29) is 0 Å². The Bertz CT molecular complexity index is 770. The molecule has 0 aliphatic heterocycles. The quantitative estimate of drug-likeness (QED) is 0.754. The highest BCUT2D eigenvalue weighted by atomic mass is 32.1. The van der Waals surface area contributed by atoms with E-state index < -0.39 is 5.91 Å². The van der Waals surface area contributed by atoms with Crippen LogP contribution in [-0.2, 0) is 6.54 Å². The number of amides is 1. The maximum Gasteiger partial charge on any atom is 0.248 e. The van der Waals surface area contributed by atoms with Gasteiger partial charge >= 0.3 is 0 Å². The average molecular weight is 311 g/mol. The molecule has 1 amide bonds. The summed E-state index contributed by atoms with van der Waals surface area (Å²) in [5.41, 5.74) is 7.54. The fourth-order valence-corrected chi connectivity index (χ4v) is 2.57. The summed E-state index contributed by atoms with van der Waals surface area (Å²) in [5.74, 6) is -0.427. The van der Waals surface area contributed by atoms with Crippen LogP contribution in [-0.4, -0.2) is 21.1 Å². The number of carbonyl (C=O) groups excluding carboxylic acids is 1. The van der Waals surface area contributed by atoms with Crippen LogP contribution < -0.4 is 11.1 Å².